The zero-order valence-corrected chi connectivity index (χ0v) is 13.0. The highest BCUT2D eigenvalue weighted by Gasteiger charge is 2.53. The Labute approximate surface area is 124 Å². The minimum absolute atomic E-state index is 0.0922. The molecule has 1 saturated heterocycles. The third-order valence-electron chi connectivity index (χ3n) is 4.04. The first-order valence-corrected chi connectivity index (χ1v) is 7.01. The van der Waals surface area contributed by atoms with Gasteiger partial charge in [-0.3, -0.25) is 0 Å². The van der Waals surface area contributed by atoms with E-state index in [0.29, 0.717) is 0 Å². The molecule has 1 aromatic rings. The Balaban J connectivity index is 2.43. The maximum atomic E-state index is 14.2. The lowest BCUT2D eigenvalue weighted by molar-refractivity contribution is 0.00578. The fourth-order valence-corrected chi connectivity index (χ4v) is 2.12. The molecule has 0 N–H and O–H groups in total. The number of benzene rings is 1. The molecular weight excluding hydrogens is 274 g/mol. The molecule has 0 radical (unpaired) electrons. The fourth-order valence-electron chi connectivity index (χ4n) is 2.12. The lowest BCUT2D eigenvalue weighted by Crippen LogP contribution is -2.41. The summed E-state index contributed by atoms with van der Waals surface area (Å²) in [4.78, 5) is 12.0. The van der Waals surface area contributed by atoms with Crippen molar-refractivity contribution in [1.29, 1.82) is 0 Å². The Morgan fingerprint density at radius 3 is 2.33 bits per heavy atom. The second-order valence-electron chi connectivity index (χ2n) is 6.01. The van der Waals surface area contributed by atoms with Gasteiger partial charge in [-0.05, 0) is 46.8 Å². The third-order valence-corrected chi connectivity index (χ3v) is 4.04. The molecule has 0 atom stereocenters. The van der Waals surface area contributed by atoms with E-state index in [0.717, 1.165) is 0 Å². The van der Waals surface area contributed by atoms with Crippen molar-refractivity contribution >= 4 is 18.6 Å². The van der Waals surface area contributed by atoms with Crippen molar-refractivity contribution in [3.8, 4) is 0 Å². The van der Waals surface area contributed by atoms with Gasteiger partial charge in [-0.1, -0.05) is 6.07 Å². The van der Waals surface area contributed by atoms with Crippen LogP contribution >= 0.6 is 0 Å². The number of halogens is 1. The van der Waals surface area contributed by atoms with E-state index in [1.54, 1.807) is 6.92 Å². The summed E-state index contributed by atoms with van der Waals surface area (Å²) in [5, 5.41) is 0. The number of ether oxygens (including phenoxy) is 1. The van der Waals surface area contributed by atoms with Gasteiger partial charge < -0.3 is 14.0 Å². The van der Waals surface area contributed by atoms with Gasteiger partial charge >= 0.3 is 13.1 Å². The van der Waals surface area contributed by atoms with E-state index in [2.05, 4.69) is 0 Å². The maximum absolute atomic E-state index is 14.2. The zero-order valence-electron chi connectivity index (χ0n) is 13.0. The summed E-state index contributed by atoms with van der Waals surface area (Å²) in [6.07, 6.45) is 0. The highest BCUT2D eigenvalue weighted by Crippen LogP contribution is 2.36. The molecule has 1 aliphatic rings. The minimum atomic E-state index is -0.935. The molecule has 1 aliphatic heterocycles. The quantitative estimate of drug-likeness (QED) is 0.634. The largest absolute Gasteiger partial charge is 0.498 e. The molecule has 1 aromatic carbocycles. The highest BCUT2D eigenvalue weighted by molar-refractivity contribution is 6.63. The van der Waals surface area contributed by atoms with Crippen LogP contribution in [0.15, 0.2) is 18.2 Å². The number of carbonyl (C=O) groups is 1. The van der Waals surface area contributed by atoms with Crippen LogP contribution in [-0.2, 0) is 14.0 Å². The Kier molecular flexibility index (Phi) is 4.13. The lowest BCUT2D eigenvalue weighted by atomic mass is 9.75. The number of hydrogen-bond acceptors (Lipinski definition) is 4. The van der Waals surface area contributed by atoms with Crippen LogP contribution in [0, 0.1) is 5.82 Å². The van der Waals surface area contributed by atoms with E-state index in [-0.39, 0.29) is 17.6 Å². The lowest BCUT2D eigenvalue weighted by Gasteiger charge is -2.32. The number of esters is 1. The highest BCUT2D eigenvalue weighted by atomic mass is 19.1. The Bertz CT molecular complexity index is 541. The molecule has 0 bridgehead atoms. The summed E-state index contributed by atoms with van der Waals surface area (Å²) in [7, 11) is -0.935. The molecular formula is C15H20BFO4. The van der Waals surface area contributed by atoms with Gasteiger partial charge in [0, 0.05) is 5.46 Å². The summed E-state index contributed by atoms with van der Waals surface area (Å²) >= 11 is 0. The van der Waals surface area contributed by atoms with Crippen molar-refractivity contribution in [2.24, 2.45) is 0 Å². The van der Waals surface area contributed by atoms with Crippen LogP contribution in [0.3, 0.4) is 0 Å². The number of carbonyl (C=O) groups excluding carboxylic acids is 1. The molecule has 21 heavy (non-hydrogen) atoms. The molecule has 114 valence electrons. The monoisotopic (exact) mass is 294 g/mol. The van der Waals surface area contributed by atoms with Crippen LogP contribution in [0.1, 0.15) is 45.0 Å². The van der Waals surface area contributed by atoms with Crippen LogP contribution in [0.2, 0.25) is 0 Å². The smallest absolute Gasteiger partial charge is 0.462 e. The first kappa shape index (κ1) is 16.0. The summed E-state index contributed by atoms with van der Waals surface area (Å²) in [5.41, 5.74) is -0.984. The van der Waals surface area contributed by atoms with E-state index in [1.807, 2.05) is 27.7 Å². The van der Waals surface area contributed by atoms with Gasteiger partial charge in [-0.25, -0.2) is 9.18 Å². The Hall–Kier alpha value is -1.40. The van der Waals surface area contributed by atoms with E-state index >= 15 is 0 Å². The van der Waals surface area contributed by atoms with Gasteiger partial charge in [0.05, 0.1) is 23.4 Å². The molecule has 1 heterocycles. The molecule has 0 saturated carbocycles. The third kappa shape index (κ3) is 2.83. The predicted molar refractivity (Wildman–Crippen MR) is 78.1 cm³/mol. The fraction of sp³-hybridized carbons (Fsp3) is 0.533. The van der Waals surface area contributed by atoms with Crippen molar-refractivity contribution < 1.29 is 23.2 Å². The molecule has 0 unspecified atom stereocenters. The Morgan fingerprint density at radius 1 is 1.24 bits per heavy atom. The molecule has 0 aromatic heterocycles. The maximum Gasteiger partial charge on any atom is 0.498 e. The second-order valence-corrected chi connectivity index (χ2v) is 6.01. The van der Waals surface area contributed by atoms with Gasteiger partial charge in [-0.15, -0.1) is 0 Å². The van der Waals surface area contributed by atoms with Crippen molar-refractivity contribution in [2.75, 3.05) is 6.61 Å². The average molecular weight is 294 g/mol. The topological polar surface area (TPSA) is 44.8 Å². The normalized spacial score (nSPS) is 19.6. The van der Waals surface area contributed by atoms with Crippen LogP contribution in [0.5, 0.6) is 0 Å². The van der Waals surface area contributed by atoms with Crippen molar-refractivity contribution in [3.63, 3.8) is 0 Å². The number of rotatable bonds is 3. The van der Waals surface area contributed by atoms with Gasteiger partial charge in [0.15, 0.2) is 0 Å². The molecule has 0 aliphatic carbocycles. The molecule has 0 spiro atoms. The van der Waals surface area contributed by atoms with Gasteiger partial charge in [0.2, 0.25) is 0 Å². The second kappa shape index (κ2) is 5.42. The molecule has 4 nitrogen and oxygen atoms in total. The molecule has 1 fully saturated rings. The molecule has 2 rings (SSSR count). The summed E-state index contributed by atoms with van der Waals surface area (Å²) < 4.78 is 30.9. The first-order valence-electron chi connectivity index (χ1n) is 7.01. The van der Waals surface area contributed by atoms with Gasteiger partial charge in [-0.2, -0.15) is 0 Å². The standard InChI is InChI=1S/C15H20BFO4/c1-6-19-13(18)10-8-7-9-11(17)12(10)16-20-14(2,3)15(4,5)21-16/h7-9H,6H2,1-5H3. The van der Waals surface area contributed by atoms with Crippen molar-refractivity contribution in [3.05, 3.63) is 29.6 Å². The minimum Gasteiger partial charge on any atom is -0.462 e. The first-order chi connectivity index (χ1) is 9.69. The van der Waals surface area contributed by atoms with Crippen molar-refractivity contribution in [2.45, 2.75) is 45.8 Å². The number of hydrogen-bond donors (Lipinski definition) is 0. The summed E-state index contributed by atoms with van der Waals surface area (Å²) in [6, 6.07) is 4.26. The predicted octanol–water partition coefficient (Wildman–Crippen LogP) is 2.30. The van der Waals surface area contributed by atoms with E-state index in [9.17, 15) is 9.18 Å². The van der Waals surface area contributed by atoms with Crippen LogP contribution in [-0.4, -0.2) is 30.9 Å². The summed E-state index contributed by atoms with van der Waals surface area (Å²) in [5.74, 6) is -1.12. The van der Waals surface area contributed by atoms with E-state index < -0.39 is 30.1 Å². The van der Waals surface area contributed by atoms with E-state index in [1.165, 1.54) is 18.2 Å². The van der Waals surface area contributed by atoms with Crippen molar-refractivity contribution in [1.82, 2.24) is 0 Å². The van der Waals surface area contributed by atoms with Crippen LogP contribution in [0.25, 0.3) is 0 Å². The van der Waals surface area contributed by atoms with E-state index in [4.69, 9.17) is 14.0 Å². The van der Waals surface area contributed by atoms with Crippen LogP contribution < -0.4 is 5.46 Å². The zero-order chi connectivity index (χ0) is 15.8. The average Bonchev–Trinajstić information content (AvgIpc) is 2.58. The van der Waals surface area contributed by atoms with Gasteiger partial charge in [0.1, 0.15) is 5.82 Å². The molecule has 0 amide bonds. The van der Waals surface area contributed by atoms with Crippen LogP contribution in [0.4, 0.5) is 4.39 Å². The SMILES string of the molecule is CCOC(=O)c1cccc(F)c1B1OC(C)(C)C(C)(C)O1. The molecule has 6 heteroatoms. The van der Waals surface area contributed by atoms with Gasteiger partial charge in [0.25, 0.3) is 0 Å². The summed E-state index contributed by atoms with van der Waals surface area (Å²) in [6.45, 7) is 9.41. The Morgan fingerprint density at radius 2 is 1.81 bits per heavy atom.